The monoisotopic (exact) mass is 985 g/mol. The molecule has 0 saturated heterocycles. The Balaban J connectivity index is 0.000000124. The number of hydrogen-bond donors (Lipinski definition) is 0. The van der Waals surface area contributed by atoms with E-state index in [0.29, 0.717) is 43.9 Å². The highest BCUT2D eigenvalue weighted by Crippen LogP contribution is 2.60. The number of ether oxygens (including phenoxy) is 6. The highest BCUT2D eigenvalue weighted by molar-refractivity contribution is 5.33. The Morgan fingerprint density at radius 1 is 0.444 bits per heavy atom. The van der Waals surface area contributed by atoms with Crippen molar-refractivity contribution in [2.45, 2.75) is 206 Å². The highest BCUT2D eigenvalue weighted by atomic mass is 16.7. The molecule has 0 heterocycles. The third-order valence-corrected chi connectivity index (χ3v) is 21.2. The first-order valence-corrected chi connectivity index (χ1v) is 29.8. The van der Waals surface area contributed by atoms with Crippen molar-refractivity contribution in [2.75, 3.05) is 27.0 Å². The van der Waals surface area contributed by atoms with E-state index in [1.54, 1.807) is 0 Å². The van der Waals surface area contributed by atoms with Crippen molar-refractivity contribution in [3.63, 3.8) is 0 Å². The molecule has 0 spiro atoms. The molecule has 3 aromatic carbocycles. The molecule has 12 aliphatic carbocycles. The van der Waals surface area contributed by atoms with Crippen molar-refractivity contribution >= 4 is 0 Å². The lowest BCUT2D eigenvalue weighted by molar-refractivity contribution is -0.155. The second-order valence-corrected chi connectivity index (χ2v) is 27.1. The van der Waals surface area contributed by atoms with Crippen molar-refractivity contribution in [3.05, 3.63) is 89.5 Å². The fraction of sp³-hybridized carbons (Fsp3) is 0.727. The molecule has 1 atom stereocenters. The lowest BCUT2D eigenvalue weighted by Crippen LogP contribution is -2.49. The molecule has 0 aromatic heterocycles. The molecule has 6 heteroatoms. The third kappa shape index (κ3) is 12.3. The van der Waals surface area contributed by atoms with E-state index in [4.69, 9.17) is 28.4 Å². The van der Waals surface area contributed by atoms with Crippen LogP contribution in [0.1, 0.15) is 200 Å². The van der Waals surface area contributed by atoms with E-state index in [1.165, 1.54) is 126 Å². The summed E-state index contributed by atoms with van der Waals surface area (Å²) in [7, 11) is 0. The van der Waals surface area contributed by atoms with E-state index >= 15 is 0 Å². The molecule has 12 fully saturated rings. The molecule has 1 unspecified atom stereocenters. The predicted octanol–water partition coefficient (Wildman–Crippen LogP) is 16.9. The van der Waals surface area contributed by atoms with E-state index in [1.807, 2.05) is 0 Å². The fourth-order valence-corrected chi connectivity index (χ4v) is 17.0. The summed E-state index contributed by atoms with van der Waals surface area (Å²) < 4.78 is 36.0. The van der Waals surface area contributed by atoms with E-state index in [0.717, 1.165) is 102 Å². The maximum Gasteiger partial charge on any atom is 0.189 e. The summed E-state index contributed by atoms with van der Waals surface area (Å²) in [6, 6.07) is 25.7. The Kier molecular flexibility index (Phi) is 16.5. The van der Waals surface area contributed by atoms with Gasteiger partial charge in [-0.25, -0.2) is 0 Å². The van der Waals surface area contributed by atoms with Gasteiger partial charge in [0.2, 0.25) is 0 Å². The van der Waals surface area contributed by atoms with Crippen molar-refractivity contribution < 1.29 is 28.4 Å². The lowest BCUT2D eigenvalue weighted by Gasteiger charge is -2.56. The fourth-order valence-electron chi connectivity index (χ4n) is 17.0. The van der Waals surface area contributed by atoms with Gasteiger partial charge in [-0.3, -0.25) is 0 Å². The quantitative estimate of drug-likeness (QED) is 0.0881. The van der Waals surface area contributed by atoms with E-state index in [9.17, 15) is 0 Å². The molecule has 0 radical (unpaired) electrons. The van der Waals surface area contributed by atoms with Crippen LogP contribution in [0.3, 0.4) is 0 Å². The van der Waals surface area contributed by atoms with Gasteiger partial charge >= 0.3 is 0 Å². The minimum atomic E-state index is 0.230. The summed E-state index contributed by atoms with van der Waals surface area (Å²) in [5.41, 5.74) is 5.08. The first-order chi connectivity index (χ1) is 34.8. The summed E-state index contributed by atoms with van der Waals surface area (Å²) in [6.07, 6.45) is 27.3. The van der Waals surface area contributed by atoms with Gasteiger partial charge in [0.25, 0.3) is 0 Å². The van der Waals surface area contributed by atoms with Crippen LogP contribution in [0, 0.1) is 70.5 Å². The highest BCUT2D eigenvalue weighted by Gasteiger charge is 2.52. The van der Waals surface area contributed by atoms with Gasteiger partial charge in [-0.2, -0.15) is 0 Å². The van der Waals surface area contributed by atoms with Crippen LogP contribution in [0.4, 0.5) is 0 Å². The summed E-state index contributed by atoms with van der Waals surface area (Å²) in [5.74, 6) is 13.6. The molecule has 72 heavy (non-hydrogen) atoms. The molecule has 396 valence electrons. The Bertz CT molecular complexity index is 2060. The molecule has 15 rings (SSSR count). The first kappa shape index (κ1) is 52.4. The van der Waals surface area contributed by atoms with Crippen molar-refractivity contribution in [1.29, 1.82) is 0 Å². The van der Waals surface area contributed by atoms with Crippen LogP contribution < -0.4 is 14.2 Å². The smallest absolute Gasteiger partial charge is 0.189 e. The topological polar surface area (TPSA) is 55.4 Å². The summed E-state index contributed by atoms with van der Waals surface area (Å²) in [4.78, 5) is 0. The van der Waals surface area contributed by atoms with Gasteiger partial charge < -0.3 is 28.4 Å². The van der Waals surface area contributed by atoms with Gasteiger partial charge in [0.1, 0.15) is 17.2 Å². The Labute approximate surface area is 437 Å². The Morgan fingerprint density at radius 3 is 1.12 bits per heavy atom. The normalized spacial score (nSPS) is 34.8. The zero-order chi connectivity index (χ0) is 50.0. The molecule has 0 aliphatic heterocycles. The SMILES string of the molecule is CCC(C)(C)c1ccc(OCOC2C3CC4CC(C3)CC2C4)cc1.CCC(C)(C)c1ccc(OCOCC23CC4CC(CC(C4)C2)C3)cc1.CCC(C)c1ccc(OCOC2C3CC4CC(C3)CC2C4)cc1. The zero-order valence-corrected chi connectivity index (χ0v) is 46.2. The Morgan fingerprint density at radius 2 is 0.778 bits per heavy atom. The number of rotatable bonds is 19. The van der Waals surface area contributed by atoms with E-state index < -0.39 is 0 Å². The summed E-state index contributed by atoms with van der Waals surface area (Å²) in [5, 5.41) is 0. The average Bonchev–Trinajstić information content (AvgIpc) is 3.37. The van der Waals surface area contributed by atoms with Gasteiger partial charge in [-0.1, -0.05) is 91.8 Å². The molecule has 0 amide bonds. The molecule has 12 aliphatic rings. The number of benzene rings is 3. The van der Waals surface area contributed by atoms with Gasteiger partial charge in [-0.05, 0) is 262 Å². The van der Waals surface area contributed by atoms with Crippen molar-refractivity contribution in [3.8, 4) is 17.2 Å². The minimum absolute atomic E-state index is 0.230. The second kappa shape index (κ2) is 22.6. The Hall–Kier alpha value is -3.06. The van der Waals surface area contributed by atoms with Gasteiger partial charge in [-0.15, -0.1) is 0 Å². The van der Waals surface area contributed by atoms with Crippen LogP contribution in [0.15, 0.2) is 72.8 Å². The van der Waals surface area contributed by atoms with Crippen LogP contribution in [0.2, 0.25) is 0 Å². The van der Waals surface area contributed by atoms with Crippen molar-refractivity contribution in [1.82, 2.24) is 0 Å². The number of hydrogen-bond acceptors (Lipinski definition) is 6. The van der Waals surface area contributed by atoms with Crippen LogP contribution >= 0.6 is 0 Å². The molecule has 12 bridgehead atoms. The lowest BCUT2D eigenvalue weighted by atomic mass is 9.50. The molecule has 12 saturated carbocycles. The summed E-state index contributed by atoms with van der Waals surface area (Å²) >= 11 is 0. The van der Waals surface area contributed by atoms with Crippen LogP contribution in [-0.4, -0.2) is 39.2 Å². The average molecular weight is 985 g/mol. The summed E-state index contributed by atoms with van der Waals surface area (Å²) in [6.45, 7) is 20.2. The van der Waals surface area contributed by atoms with Gasteiger partial charge in [0.05, 0.1) is 18.8 Å². The molecular weight excluding hydrogens is 889 g/mol. The largest absolute Gasteiger partial charge is 0.468 e. The third-order valence-electron chi connectivity index (χ3n) is 21.2. The van der Waals surface area contributed by atoms with Gasteiger partial charge in [0, 0.05) is 0 Å². The zero-order valence-electron chi connectivity index (χ0n) is 46.2. The first-order valence-electron chi connectivity index (χ1n) is 29.8. The van der Waals surface area contributed by atoms with Gasteiger partial charge in [0.15, 0.2) is 20.4 Å². The van der Waals surface area contributed by atoms with Crippen LogP contribution in [-0.2, 0) is 25.0 Å². The van der Waals surface area contributed by atoms with E-state index in [2.05, 4.69) is 128 Å². The molecular formula is C66H96O6. The van der Waals surface area contributed by atoms with E-state index in [-0.39, 0.29) is 10.8 Å². The maximum atomic E-state index is 6.22. The maximum absolute atomic E-state index is 6.22. The predicted molar refractivity (Wildman–Crippen MR) is 292 cm³/mol. The van der Waals surface area contributed by atoms with Crippen LogP contribution in [0.25, 0.3) is 0 Å². The van der Waals surface area contributed by atoms with Crippen LogP contribution in [0.5, 0.6) is 17.2 Å². The second-order valence-electron chi connectivity index (χ2n) is 27.1. The minimum Gasteiger partial charge on any atom is -0.468 e. The molecule has 0 N–H and O–H groups in total. The molecule has 6 nitrogen and oxygen atoms in total. The van der Waals surface area contributed by atoms with Crippen molar-refractivity contribution in [2.24, 2.45) is 70.5 Å². The molecule has 3 aromatic rings. The standard InChI is InChI=1S/C23H34O2.C22H32O2.C21H30O2/c1-4-22(2,3)20-5-7-21(8-6-20)25-16-24-15-23-12-17-9-18(13-23)11-19(10-17)14-23;1-4-22(2,3)19-5-7-20(8-6-19)23-14-24-21-17-10-15-9-16(12-17)13-18(21)11-15;1-3-14(2)17-4-6-20(7-5-17)22-13-23-21-18-9-15-8-16(11-18)12-19(21)10-15/h5-8,17-19H,4,9-16H2,1-3H3;5-8,15-18,21H,4,9-14H2,1-3H3;4-7,14-16,18-19,21H,3,8-13H2,1-2H3.